The first-order chi connectivity index (χ1) is 4.43. The third-order valence-electron chi connectivity index (χ3n) is 0.953. The molecule has 5 heteroatoms. The van der Waals surface area contributed by atoms with Crippen molar-refractivity contribution in [3.63, 3.8) is 0 Å². The lowest BCUT2D eigenvalue weighted by Gasteiger charge is -1.94. The Morgan fingerprint density at radius 3 is 3.11 bits per heavy atom. The molecule has 1 rings (SSSR count). The number of likely N-dealkylation sites (N-methyl/N-ethyl adjacent to an activating group) is 1. The van der Waals surface area contributed by atoms with Gasteiger partial charge in [0.15, 0.2) is 6.33 Å². The SMILES string of the molecule is CNCCn1ncnn1. The van der Waals surface area contributed by atoms with Crippen LogP contribution in [0.25, 0.3) is 0 Å². The van der Waals surface area contributed by atoms with E-state index in [9.17, 15) is 0 Å². The van der Waals surface area contributed by atoms with Crippen LogP contribution >= 0.6 is 0 Å². The molecule has 5 nitrogen and oxygen atoms in total. The number of tetrazole rings is 1. The first kappa shape index (κ1) is 6.15. The van der Waals surface area contributed by atoms with Crippen LogP contribution < -0.4 is 5.32 Å². The van der Waals surface area contributed by atoms with Crippen LogP contribution in [0.4, 0.5) is 0 Å². The van der Waals surface area contributed by atoms with Crippen molar-refractivity contribution < 1.29 is 0 Å². The van der Waals surface area contributed by atoms with E-state index < -0.39 is 0 Å². The predicted molar refractivity (Wildman–Crippen MR) is 31.7 cm³/mol. The largest absolute Gasteiger partial charge is 0.318 e. The van der Waals surface area contributed by atoms with Crippen molar-refractivity contribution >= 4 is 0 Å². The van der Waals surface area contributed by atoms with Crippen LogP contribution in [0.1, 0.15) is 0 Å². The summed E-state index contributed by atoms with van der Waals surface area (Å²) in [4.78, 5) is 1.54. The van der Waals surface area contributed by atoms with E-state index in [4.69, 9.17) is 0 Å². The minimum absolute atomic E-state index is 0.774. The molecule has 9 heavy (non-hydrogen) atoms. The molecule has 0 aliphatic heterocycles. The molecular formula is C4H9N5. The van der Waals surface area contributed by atoms with Crippen LogP contribution in [0.2, 0.25) is 0 Å². The highest BCUT2D eigenvalue weighted by Crippen LogP contribution is 1.70. The van der Waals surface area contributed by atoms with Crippen LogP contribution in [0.15, 0.2) is 6.33 Å². The Morgan fingerprint density at radius 1 is 1.67 bits per heavy atom. The second-order valence-electron chi connectivity index (χ2n) is 1.64. The molecule has 1 aromatic rings. The average Bonchev–Trinajstić information content (AvgIpc) is 2.34. The fourth-order valence-corrected chi connectivity index (χ4v) is 0.503. The monoisotopic (exact) mass is 127 g/mol. The molecule has 1 N–H and O–H groups in total. The summed E-state index contributed by atoms with van der Waals surface area (Å²) in [6.45, 7) is 1.65. The number of rotatable bonds is 3. The summed E-state index contributed by atoms with van der Waals surface area (Å²) in [5.74, 6) is 0. The molecule has 0 saturated carbocycles. The number of hydrogen-bond acceptors (Lipinski definition) is 4. The van der Waals surface area contributed by atoms with Crippen molar-refractivity contribution in [3.8, 4) is 0 Å². The lowest BCUT2D eigenvalue weighted by Crippen LogP contribution is -2.16. The van der Waals surface area contributed by atoms with Gasteiger partial charge in [-0.05, 0) is 12.3 Å². The minimum atomic E-state index is 0.774. The fraction of sp³-hybridized carbons (Fsp3) is 0.750. The molecule has 0 fully saturated rings. The van der Waals surface area contributed by atoms with E-state index in [0.29, 0.717) is 0 Å². The normalized spacial score (nSPS) is 9.89. The Labute approximate surface area is 53.1 Å². The topological polar surface area (TPSA) is 55.6 Å². The number of aromatic nitrogens is 4. The van der Waals surface area contributed by atoms with Gasteiger partial charge in [-0.1, -0.05) is 0 Å². The first-order valence-electron chi connectivity index (χ1n) is 2.79. The zero-order chi connectivity index (χ0) is 6.53. The lowest BCUT2D eigenvalue weighted by atomic mass is 10.6. The Bertz CT molecular complexity index is 146. The van der Waals surface area contributed by atoms with Crippen molar-refractivity contribution in [3.05, 3.63) is 6.33 Å². The minimum Gasteiger partial charge on any atom is -0.318 e. The van der Waals surface area contributed by atoms with Gasteiger partial charge in [0.25, 0.3) is 0 Å². The molecule has 0 aliphatic rings. The van der Waals surface area contributed by atoms with Crippen molar-refractivity contribution in [2.45, 2.75) is 6.54 Å². The number of nitrogens with one attached hydrogen (secondary N) is 1. The van der Waals surface area contributed by atoms with E-state index in [1.54, 1.807) is 0 Å². The quantitative estimate of drug-likeness (QED) is 0.559. The lowest BCUT2D eigenvalue weighted by molar-refractivity contribution is 0.507. The number of hydrogen-bond donors (Lipinski definition) is 1. The molecule has 0 saturated heterocycles. The molecule has 1 aromatic heterocycles. The highest BCUT2D eigenvalue weighted by Gasteiger charge is 1.87. The molecule has 0 bridgehead atoms. The molecule has 0 radical (unpaired) electrons. The van der Waals surface area contributed by atoms with Gasteiger partial charge in [0.1, 0.15) is 0 Å². The van der Waals surface area contributed by atoms with E-state index in [2.05, 4.69) is 20.7 Å². The summed E-state index contributed by atoms with van der Waals surface area (Å²) >= 11 is 0. The summed E-state index contributed by atoms with van der Waals surface area (Å²) in [7, 11) is 1.89. The average molecular weight is 127 g/mol. The van der Waals surface area contributed by atoms with Gasteiger partial charge in [-0.25, -0.2) is 0 Å². The summed E-state index contributed by atoms with van der Waals surface area (Å²) in [5.41, 5.74) is 0. The van der Waals surface area contributed by atoms with Crippen molar-refractivity contribution in [2.75, 3.05) is 13.6 Å². The summed E-state index contributed by atoms with van der Waals surface area (Å²) in [5, 5.41) is 14.0. The fourth-order valence-electron chi connectivity index (χ4n) is 0.503. The van der Waals surface area contributed by atoms with Crippen molar-refractivity contribution in [1.82, 2.24) is 25.5 Å². The third-order valence-corrected chi connectivity index (χ3v) is 0.953. The van der Waals surface area contributed by atoms with Crippen LogP contribution in [0.3, 0.4) is 0 Å². The first-order valence-corrected chi connectivity index (χ1v) is 2.79. The van der Waals surface area contributed by atoms with Gasteiger partial charge in [0.05, 0.1) is 6.54 Å². The van der Waals surface area contributed by atoms with Crippen LogP contribution in [0, 0.1) is 0 Å². The van der Waals surface area contributed by atoms with E-state index >= 15 is 0 Å². The van der Waals surface area contributed by atoms with Gasteiger partial charge >= 0.3 is 0 Å². The molecule has 0 atom stereocenters. The maximum Gasteiger partial charge on any atom is 0.162 e. The maximum absolute atomic E-state index is 3.81. The van der Waals surface area contributed by atoms with Crippen molar-refractivity contribution in [2.24, 2.45) is 0 Å². The van der Waals surface area contributed by atoms with Crippen LogP contribution in [0.5, 0.6) is 0 Å². The van der Waals surface area contributed by atoms with E-state index in [1.807, 2.05) is 7.05 Å². The third kappa shape index (κ3) is 1.77. The van der Waals surface area contributed by atoms with Gasteiger partial charge in [-0.2, -0.15) is 4.80 Å². The molecule has 50 valence electrons. The van der Waals surface area contributed by atoms with E-state index in [0.717, 1.165) is 13.1 Å². The van der Waals surface area contributed by atoms with Crippen LogP contribution in [-0.4, -0.2) is 33.8 Å². The maximum atomic E-state index is 3.81. The molecule has 0 unspecified atom stereocenters. The Hall–Kier alpha value is -0.970. The van der Waals surface area contributed by atoms with Gasteiger partial charge in [-0.15, -0.1) is 10.2 Å². The Morgan fingerprint density at radius 2 is 2.56 bits per heavy atom. The summed E-state index contributed by atoms with van der Waals surface area (Å²) < 4.78 is 0. The predicted octanol–water partition coefficient (Wildman–Crippen LogP) is -1.11. The standard InChI is InChI=1S/C4H9N5/c1-5-2-3-9-7-4-6-8-9/h4-5H,2-3H2,1H3. The second kappa shape index (κ2) is 3.13. The summed E-state index contributed by atoms with van der Waals surface area (Å²) in [6, 6.07) is 0. The number of nitrogens with zero attached hydrogens (tertiary/aromatic N) is 4. The van der Waals surface area contributed by atoms with Crippen LogP contribution in [-0.2, 0) is 6.54 Å². The zero-order valence-electron chi connectivity index (χ0n) is 5.28. The molecule has 0 amide bonds. The highest BCUT2D eigenvalue weighted by atomic mass is 15.6. The molecule has 1 heterocycles. The molecule has 0 aromatic carbocycles. The van der Waals surface area contributed by atoms with E-state index in [1.165, 1.54) is 11.1 Å². The molecule has 0 aliphatic carbocycles. The van der Waals surface area contributed by atoms with Gasteiger partial charge in [0.2, 0.25) is 0 Å². The Kier molecular flexibility index (Phi) is 2.14. The second-order valence-corrected chi connectivity index (χ2v) is 1.64. The molecular weight excluding hydrogens is 118 g/mol. The van der Waals surface area contributed by atoms with Gasteiger partial charge in [-0.3, -0.25) is 0 Å². The van der Waals surface area contributed by atoms with Gasteiger partial charge < -0.3 is 5.32 Å². The highest BCUT2D eigenvalue weighted by molar-refractivity contribution is 4.40. The smallest absolute Gasteiger partial charge is 0.162 e. The Balaban J connectivity index is 2.30. The zero-order valence-corrected chi connectivity index (χ0v) is 5.28. The van der Waals surface area contributed by atoms with Gasteiger partial charge in [0, 0.05) is 6.54 Å². The molecule has 0 spiro atoms. The van der Waals surface area contributed by atoms with Crippen molar-refractivity contribution in [1.29, 1.82) is 0 Å². The summed E-state index contributed by atoms with van der Waals surface area (Å²) in [6.07, 6.45) is 1.43. The van der Waals surface area contributed by atoms with E-state index in [-0.39, 0.29) is 0 Å².